The second-order valence-electron chi connectivity index (χ2n) is 8.29. The van der Waals surface area contributed by atoms with Gasteiger partial charge >= 0.3 is 0 Å². The van der Waals surface area contributed by atoms with Gasteiger partial charge in [-0.2, -0.15) is 0 Å². The number of rotatable bonds is 5. The highest BCUT2D eigenvalue weighted by Gasteiger charge is 2.29. The van der Waals surface area contributed by atoms with Crippen LogP contribution in [0.5, 0.6) is 5.88 Å². The monoisotopic (exact) mass is 471 g/mol. The first-order valence-electron chi connectivity index (χ1n) is 10.8. The van der Waals surface area contributed by atoms with Crippen molar-refractivity contribution in [3.63, 3.8) is 0 Å². The minimum atomic E-state index is -0.755. The smallest absolute Gasteiger partial charge is 0.218 e. The highest BCUT2D eigenvalue weighted by molar-refractivity contribution is 7.19. The second kappa shape index (κ2) is 8.68. The molecule has 2 aliphatic rings. The molecular formula is C23H23F2N5O2S. The normalized spacial score (nSPS) is 17.7. The van der Waals surface area contributed by atoms with E-state index in [0.29, 0.717) is 25.5 Å². The van der Waals surface area contributed by atoms with Crippen molar-refractivity contribution in [1.29, 1.82) is 0 Å². The topological polar surface area (TPSA) is 107 Å². The molecule has 0 saturated carbocycles. The van der Waals surface area contributed by atoms with Crippen molar-refractivity contribution in [2.24, 2.45) is 5.73 Å². The molecule has 10 heteroatoms. The Morgan fingerprint density at radius 1 is 1.30 bits per heavy atom. The van der Waals surface area contributed by atoms with Gasteiger partial charge in [0.2, 0.25) is 5.88 Å². The maximum absolute atomic E-state index is 14.2. The number of carbonyl (C=O) groups is 1. The molecule has 5 rings (SSSR count). The average Bonchev–Trinajstić information content (AvgIpc) is 3.40. The van der Waals surface area contributed by atoms with Gasteiger partial charge in [0.25, 0.3) is 0 Å². The molecule has 0 bridgehead atoms. The molecule has 1 aromatic carbocycles. The number of anilines is 2. The zero-order valence-corrected chi connectivity index (χ0v) is 18.6. The van der Waals surface area contributed by atoms with E-state index in [0.717, 1.165) is 59.7 Å². The minimum absolute atomic E-state index is 0.00841. The fourth-order valence-corrected chi connectivity index (χ4v) is 5.40. The van der Waals surface area contributed by atoms with Gasteiger partial charge in [-0.1, -0.05) is 17.4 Å². The number of halogens is 2. The Balaban J connectivity index is 1.48. The van der Waals surface area contributed by atoms with E-state index in [-0.39, 0.29) is 39.5 Å². The van der Waals surface area contributed by atoms with Gasteiger partial charge in [-0.25, -0.2) is 18.7 Å². The Morgan fingerprint density at radius 2 is 2.09 bits per heavy atom. The van der Waals surface area contributed by atoms with E-state index in [2.05, 4.69) is 14.9 Å². The van der Waals surface area contributed by atoms with Crippen LogP contribution in [0.3, 0.4) is 0 Å². The number of ketones is 1. The average molecular weight is 472 g/mol. The van der Waals surface area contributed by atoms with Crippen LogP contribution in [0.4, 0.5) is 19.5 Å². The van der Waals surface area contributed by atoms with Crippen LogP contribution >= 0.6 is 11.3 Å². The number of hydrogen-bond acceptors (Lipinski definition) is 8. The van der Waals surface area contributed by atoms with Crippen molar-refractivity contribution in [2.75, 3.05) is 30.3 Å². The summed E-state index contributed by atoms with van der Waals surface area (Å²) >= 11 is 0.891. The molecule has 1 saturated heterocycles. The first kappa shape index (κ1) is 21.7. The van der Waals surface area contributed by atoms with Crippen molar-refractivity contribution >= 4 is 27.8 Å². The molecule has 0 radical (unpaired) electrons. The number of piperidine rings is 1. The van der Waals surface area contributed by atoms with Gasteiger partial charge in [0.05, 0.1) is 17.9 Å². The van der Waals surface area contributed by atoms with E-state index in [4.69, 9.17) is 16.2 Å². The largest absolute Gasteiger partial charge is 0.477 e. The summed E-state index contributed by atoms with van der Waals surface area (Å²) in [4.78, 5) is 24.0. The first-order chi connectivity index (χ1) is 15.9. The summed E-state index contributed by atoms with van der Waals surface area (Å²) in [7, 11) is 0. The summed E-state index contributed by atoms with van der Waals surface area (Å²) in [5.41, 5.74) is 14.6. The lowest BCUT2D eigenvalue weighted by molar-refractivity contribution is 0.0989. The number of thiazole rings is 1. The lowest BCUT2D eigenvalue weighted by Crippen LogP contribution is -2.43. The van der Waals surface area contributed by atoms with Gasteiger partial charge in [-0.05, 0) is 25.0 Å². The number of nitrogen functional groups attached to an aromatic ring is 1. The maximum atomic E-state index is 14.2. The third kappa shape index (κ3) is 4.04. The van der Waals surface area contributed by atoms with Crippen LogP contribution in [0.1, 0.15) is 34.5 Å². The molecule has 0 aliphatic carbocycles. The van der Waals surface area contributed by atoms with Crippen LogP contribution in [-0.2, 0) is 12.8 Å². The number of Topliss-reactive ketones (excluding diaryl/α,β-unsaturated/α-hetero) is 1. The van der Waals surface area contributed by atoms with E-state index in [9.17, 15) is 13.6 Å². The highest BCUT2D eigenvalue weighted by atomic mass is 32.1. The minimum Gasteiger partial charge on any atom is -0.477 e. The molecule has 2 aliphatic heterocycles. The SMILES string of the molecule is Nc1sc(-c2c(F)cccc2F)nc1C(=O)Cc1cnc2c(c1N1CCC[C@H](N)C1)CCO2. The first-order valence-corrected chi connectivity index (χ1v) is 11.6. The van der Waals surface area contributed by atoms with Crippen LogP contribution in [0.2, 0.25) is 0 Å². The van der Waals surface area contributed by atoms with Crippen LogP contribution in [0.15, 0.2) is 24.4 Å². The van der Waals surface area contributed by atoms with Crippen molar-refractivity contribution in [3.8, 4) is 16.5 Å². The zero-order valence-electron chi connectivity index (χ0n) is 17.8. The Labute approximate surface area is 193 Å². The Bertz CT molecular complexity index is 1210. The third-order valence-corrected chi connectivity index (χ3v) is 6.90. The van der Waals surface area contributed by atoms with Crippen molar-refractivity contribution in [3.05, 3.63) is 52.9 Å². The molecule has 7 nitrogen and oxygen atoms in total. The van der Waals surface area contributed by atoms with Gasteiger partial charge in [0.1, 0.15) is 27.3 Å². The van der Waals surface area contributed by atoms with Gasteiger partial charge in [-0.15, -0.1) is 0 Å². The fraction of sp³-hybridized carbons (Fsp3) is 0.348. The molecule has 172 valence electrons. The predicted octanol–water partition coefficient (Wildman–Crippen LogP) is 3.35. The number of nitrogens with two attached hydrogens (primary N) is 2. The highest BCUT2D eigenvalue weighted by Crippen LogP contribution is 2.38. The van der Waals surface area contributed by atoms with Gasteiger partial charge < -0.3 is 21.1 Å². The Hall–Kier alpha value is -3.11. The predicted molar refractivity (Wildman–Crippen MR) is 123 cm³/mol. The van der Waals surface area contributed by atoms with Crippen LogP contribution in [0, 0.1) is 11.6 Å². The Morgan fingerprint density at radius 3 is 2.85 bits per heavy atom. The lowest BCUT2D eigenvalue weighted by atomic mass is 9.98. The molecule has 1 fully saturated rings. The number of nitrogens with zero attached hydrogens (tertiary/aromatic N) is 3. The zero-order chi connectivity index (χ0) is 23.1. The van der Waals surface area contributed by atoms with Gasteiger partial charge in [0, 0.05) is 49.3 Å². The molecule has 0 unspecified atom stereocenters. The summed E-state index contributed by atoms with van der Waals surface area (Å²) in [6, 6.07) is 3.62. The molecule has 2 aromatic heterocycles. The molecule has 4 N–H and O–H groups in total. The van der Waals surface area contributed by atoms with E-state index in [1.165, 1.54) is 6.07 Å². The Kier molecular flexibility index (Phi) is 5.71. The second-order valence-corrected chi connectivity index (χ2v) is 9.32. The quantitative estimate of drug-likeness (QED) is 0.550. The van der Waals surface area contributed by atoms with Gasteiger partial charge in [-0.3, -0.25) is 4.79 Å². The maximum Gasteiger partial charge on any atom is 0.218 e. The molecule has 4 heterocycles. The molecule has 0 amide bonds. The van der Waals surface area contributed by atoms with E-state index >= 15 is 0 Å². The molecular weight excluding hydrogens is 448 g/mol. The van der Waals surface area contributed by atoms with E-state index < -0.39 is 11.6 Å². The van der Waals surface area contributed by atoms with Crippen molar-refractivity contribution < 1.29 is 18.3 Å². The molecule has 1 atom stereocenters. The number of aromatic nitrogens is 2. The summed E-state index contributed by atoms with van der Waals surface area (Å²) in [6.45, 7) is 2.07. The summed E-state index contributed by atoms with van der Waals surface area (Å²) in [5.74, 6) is -1.26. The summed E-state index contributed by atoms with van der Waals surface area (Å²) in [6.07, 6.45) is 4.29. The lowest BCUT2D eigenvalue weighted by Gasteiger charge is -2.35. The van der Waals surface area contributed by atoms with E-state index in [1.54, 1.807) is 6.20 Å². The summed E-state index contributed by atoms with van der Waals surface area (Å²) in [5, 5.41) is 0.158. The van der Waals surface area contributed by atoms with Crippen LogP contribution < -0.4 is 21.1 Å². The van der Waals surface area contributed by atoms with E-state index in [1.807, 2.05) is 0 Å². The number of fused-ring (bicyclic) bond motifs is 1. The molecule has 33 heavy (non-hydrogen) atoms. The number of hydrogen-bond donors (Lipinski definition) is 2. The van der Waals surface area contributed by atoms with Crippen molar-refractivity contribution in [2.45, 2.75) is 31.7 Å². The van der Waals surface area contributed by atoms with Gasteiger partial charge in [0.15, 0.2) is 5.78 Å². The fourth-order valence-electron chi connectivity index (χ4n) is 4.50. The third-order valence-electron chi connectivity index (χ3n) is 6.00. The number of ether oxygens (including phenoxy) is 1. The standard InChI is InChI=1S/C23H23F2N5O2S/c24-15-4-1-5-16(25)18(15)23-29-19(21(27)33-23)17(31)9-12-10-28-22-14(6-8-32-22)20(12)30-7-2-3-13(26)11-30/h1,4-5,10,13H,2-3,6-9,11,26-27H2/t13-/m0/s1. The van der Waals surface area contributed by atoms with Crippen LogP contribution in [-0.4, -0.2) is 41.5 Å². The molecule has 0 spiro atoms. The number of pyridine rings is 1. The van der Waals surface area contributed by atoms with Crippen molar-refractivity contribution in [1.82, 2.24) is 9.97 Å². The number of carbonyl (C=O) groups excluding carboxylic acids is 1. The number of benzene rings is 1. The summed E-state index contributed by atoms with van der Waals surface area (Å²) < 4.78 is 34.1. The molecule has 3 aromatic rings. The van der Waals surface area contributed by atoms with Crippen LogP contribution in [0.25, 0.3) is 10.6 Å².